The normalized spacial score (nSPS) is 10.2. The van der Waals surface area contributed by atoms with Gasteiger partial charge in [0.1, 0.15) is 5.75 Å². The van der Waals surface area contributed by atoms with E-state index in [1.807, 2.05) is 79.8 Å². The van der Waals surface area contributed by atoms with Crippen LogP contribution in [0.3, 0.4) is 0 Å². The van der Waals surface area contributed by atoms with E-state index in [0.29, 0.717) is 11.3 Å². The van der Waals surface area contributed by atoms with Crippen LogP contribution in [0.2, 0.25) is 0 Å². The summed E-state index contributed by atoms with van der Waals surface area (Å²) in [6.07, 6.45) is 0. The topological polar surface area (TPSA) is 50.4 Å². The van der Waals surface area contributed by atoms with Gasteiger partial charge in [-0.15, -0.1) is 0 Å². The SMILES string of the molecule is CNc1cc(NC(=O)c2ccc(-c3ccccc3)cc2)ccc1OC. The molecular weight excluding hydrogens is 312 g/mol. The van der Waals surface area contributed by atoms with E-state index in [1.165, 1.54) is 0 Å². The fraction of sp³-hybridized carbons (Fsp3) is 0.0952. The first-order valence-corrected chi connectivity index (χ1v) is 8.04. The Labute approximate surface area is 147 Å². The summed E-state index contributed by atoms with van der Waals surface area (Å²) in [5.74, 6) is 0.583. The Morgan fingerprint density at radius 2 is 1.56 bits per heavy atom. The summed E-state index contributed by atoms with van der Waals surface area (Å²) in [7, 11) is 3.43. The summed E-state index contributed by atoms with van der Waals surface area (Å²) in [4.78, 5) is 12.5. The molecule has 0 heterocycles. The van der Waals surface area contributed by atoms with Crippen LogP contribution in [-0.2, 0) is 0 Å². The van der Waals surface area contributed by atoms with Gasteiger partial charge in [0.05, 0.1) is 12.8 Å². The lowest BCUT2D eigenvalue weighted by molar-refractivity contribution is 0.102. The minimum Gasteiger partial charge on any atom is -0.495 e. The highest BCUT2D eigenvalue weighted by atomic mass is 16.5. The number of amides is 1. The van der Waals surface area contributed by atoms with Crippen molar-refractivity contribution in [1.82, 2.24) is 0 Å². The number of ether oxygens (including phenoxy) is 1. The van der Waals surface area contributed by atoms with Crippen molar-refractivity contribution in [1.29, 1.82) is 0 Å². The highest BCUT2D eigenvalue weighted by molar-refractivity contribution is 6.04. The third-order valence-electron chi connectivity index (χ3n) is 3.98. The monoisotopic (exact) mass is 332 g/mol. The zero-order valence-electron chi connectivity index (χ0n) is 14.2. The number of hydrogen-bond acceptors (Lipinski definition) is 3. The molecule has 0 saturated carbocycles. The van der Waals surface area contributed by atoms with E-state index in [2.05, 4.69) is 10.6 Å². The zero-order chi connectivity index (χ0) is 17.6. The number of benzene rings is 3. The second-order valence-corrected chi connectivity index (χ2v) is 5.56. The maximum atomic E-state index is 12.5. The van der Waals surface area contributed by atoms with Crippen molar-refractivity contribution in [2.75, 3.05) is 24.8 Å². The molecule has 3 rings (SSSR count). The summed E-state index contributed by atoms with van der Waals surface area (Å²) >= 11 is 0. The van der Waals surface area contributed by atoms with E-state index in [0.717, 1.165) is 22.6 Å². The van der Waals surface area contributed by atoms with Crippen LogP contribution in [0.4, 0.5) is 11.4 Å². The van der Waals surface area contributed by atoms with Gasteiger partial charge < -0.3 is 15.4 Å². The van der Waals surface area contributed by atoms with Crippen molar-refractivity contribution in [3.8, 4) is 16.9 Å². The van der Waals surface area contributed by atoms with Crippen LogP contribution in [0.25, 0.3) is 11.1 Å². The molecule has 3 aromatic rings. The maximum Gasteiger partial charge on any atom is 0.255 e. The summed E-state index contributed by atoms with van der Waals surface area (Å²) < 4.78 is 5.26. The maximum absolute atomic E-state index is 12.5. The second-order valence-electron chi connectivity index (χ2n) is 5.56. The fourth-order valence-corrected chi connectivity index (χ4v) is 2.63. The van der Waals surface area contributed by atoms with Crippen LogP contribution in [-0.4, -0.2) is 20.1 Å². The van der Waals surface area contributed by atoms with Gasteiger partial charge in [-0.3, -0.25) is 4.79 Å². The molecule has 0 saturated heterocycles. The van der Waals surface area contributed by atoms with Crippen LogP contribution in [0.15, 0.2) is 72.8 Å². The van der Waals surface area contributed by atoms with Crippen LogP contribution >= 0.6 is 0 Å². The average Bonchev–Trinajstić information content (AvgIpc) is 2.68. The molecule has 0 aliphatic rings. The van der Waals surface area contributed by atoms with Gasteiger partial charge in [-0.05, 0) is 41.5 Å². The van der Waals surface area contributed by atoms with Crippen LogP contribution in [0.5, 0.6) is 5.75 Å². The van der Waals surface area contributed by atoms with E-state index in [1.54, 1.807) is 7.11 Å². The van der Waals surface area contributed by atoms with Crippen LogP contribution in [0.1, 0.15) is 10.4 Å². The molecule has 0 radical (unpaired) electrons. The smallest absolute Gasteiger partial charge is 0.255 e. The summed E-state index contributed by atoms with van der Waals surface area (Å²) in [6, 6.07) is 23.1. The van der Waals surface area contributed by atoms with Gasteiger partial charge in [-0.25, -0.2) is 0 Å². The lowest BCUT2D eigenvalue weighted by atomic mass is 10.0. The van der Waals surface area contributed by atoms with Gasteiger partial charge in [0, 0.05) is 18.3 Å². The van der Waals surface area contributed by atoms with Gasteiger partial charge in [-0.2, -0.15) is 0 Å². The van der Waals surface area contributed by atoms with E-state index < -0.39 is 0 Å². The molecule has 0 aliphatic carbocycles. The molecule has 3 aromatic carbocycles. The number of nitrogens with one attached hydrogen (secondary N) is 2. The van der Waals surface area contributed by atoms with Gasteiger partial charge in [0.2, 0.25) is 0 Å². The lowest BCUT2D eigenvalue weighted by Crippen LogP contribution is -2.12. The molecule has 126 valence electrons. The molecule has 4 nitrogen and oxygen atoms in total. The highest BCUT2D eigenvalue weighted by Gasteiger charge is 2.09. The Hall–Kier alpha value is -3.27. The summed E-state index contributed by atoms with van der Waals surface area (Å²) in [5, 5.41) is 5.96. The second kappa shape index (κ2) is 7.53. The Morgan fingerprint density at radius 1 is 0.880 bits per heavy atom. The quantitative estimate of drug-likeness (QED) is 0.714. The van der Waals surface area contributed by atoms with Crippen LogP contribution < -0.4 is 15.4 Å². The standard InChI is InChI=1S/C21H20N2O2/c1-22-19-14-18(12-13-20(19)25-2)23-21(24)17-10-8-16(9-11-17)15-6-4-3-5-7-15/h3-14,22H,1-2H3,(H,23,24). The van der Waals surface area contributed by atoms with Crippen molar-refractivity contribution in [3.05, 3.63) is 78.4 Å². The van der Waals surface area contributed by atoms with Gasteiger partial charge in [-0.1, -0.05) is 42.5 Å². The number of methoxy groups -OCH3 is 1. The van der Waals surface area contributed by atoms with E-state index in [4.69, 9.17) is 4.74 Å². The average molecular weight is 332 g/mol. The molecule has 0 atom stereocenters. The van der Waals surface area contributed by atoms with E-state index >= 15 is 0 Å². The third kappa shape index (κ3) is 3.80. The van der Waals surface area contributed by atoms with Crippen molar-refractivity contribution < 1.29 is 9.53 Å². The molecule has 1 amide bonds. The number of rotatable bonds is 5. The van der Waals surface area contributed by atoms with Gasteiger partial charge >= 0.3 is 0 Å². The highest BCUT2D eigenvalue weighted by Crippen LogP contribution is 2.27. The molecule has 0 aliphatic heterocycles. The minimum atomic E-state index is -0.146. The molecule has 4 heteroatoms. The molecule has 0 unspecified atom stereocenters. The Bertz CT molecular complexity index is 859. The lowest BCUT2D eigenvalue weighted by Gasteiger charge is -2.11. The van der Waals surface area contributed by atoms with Gasteiger partial charge in [0.25, 0.3) is 5.91 Å². The van der Waals surface area contributed by atoms with Crippen molar-refractivity contribution >= 4 is 17.3 Å². The Kier molecular flexibility index (Phi) is 5.00. The Morgan fingerprint density at radius 3 is 2.20 bits per heavy atom. The number of hydrogen-bond donors (Lipinski definition) is 2. The van der Waals surface area contributed by atoms with Crippen LogP contribution in [0, 0.1) is 0 Å². The number of anilines is 2. The van der Waals surface area contributed by atoms with Crippen molar-refractivity contribution in [2.45, 2.75) is 0 Å². The van der Waals surface area contributed by atoms with Gasteiger partial charge in [0.15, 0.2) is 0 Å². The molecule has 0 fully saturated rings. The first-order valence-electron chi connectivity index (χ1n) is 8.04. The first kappa shape index (κ1) is 16.6. The molecular formula is C21H20N2O2. The Balaban J connectivity index is 1.75. The number of carbonyl (C=O) groups is 1. The fourth-order valence-electron chi connectivity index (χ4n) is 2.63. The molecule has 0 aromatic heterocycles. The number of carbonyl (C=O) groups excluding carboxylic acids is 1. The summed E-state index contributed by atoms with van der Waals surface area (Å²) in [5.41, 5.74) is 4.35. The molecule has 25 heavy (non-hydrogen) atoms. The minimum absolute atomic E-state index is 0.146. The predicted molar refractivity (Wildman–Crippen MR) is 102 cm³/mol. The van der Waals surface area contributed by atoms with Crippen molar-refractivity contribution in [2.24, 2.45) is 0 Å². The summed E-state index contributed by atoms with van der Waals surface area (Å²) in [6.45, 7) is 0. The largest absolute Gasteiger partial charge is 0.495 e. The zero-order valence-corrected chi connectivity index (χ0v) is 14.2. The molecule has 2 N–H and O–H groups in total. The molecule has 0 bridgehead atoms. The van der Waals surface area contributed by atoms with Crippen molar-refractivity contribution in [3.63, 3.8) is 0 Å². The molecule has 0 spiro atoms. The first-order chi connectivity index (χ1) is 12.2. The van der Waals surface area contributed by atoms with E-state index in [-0.39, 0.29) is 5.91 Å². The van der Waals surface area contributed by atoms with E-state index in [9.17, 15) is 4.79 Å². The predicted octanol–water partition coefficient (Wildman–Crippen LogP) is 4.66. The third-order valence-corrected chi connectivity index (χ3v) is 3.98.